The Morgan fingerprint density at radius 1 is 1.25 bits per heavy atom. The number of nitrogens with one attached hydrogen (secondary N) is 1. The van der Waals surface area contributed by atoms with Gasteiger partial charge in [-0.1, -0.05) is 48.0 Å². The van der Waals surface area contributed by atoms with E-state index in [0.717, 1.165) is 18.4 Å². The van der Waals surface area contributed by atoms with Crippen LogP contribution in [0.1, 0.15) is 49.1 Å². The highest BCUT2D eigenvalue weighted by atomic mass is 35.5. The fourth-order valence-corrected chi connectivity index (χ4v) is 5.18. The van der Waals surface area contributed by atoms with Crippen molar-refractivity contribution in [3.63, 3.8) is 0 Å². The second-order valence-electron chi connectivity index (χ2n) is 9.33. The predicted molar refractivity (Wildman–Crippen MR) is 134 cm³/mol. The van der Waals surface area contributed by atoms with Crippen molar-refractivity contribution in [2.24, 2.45) is 5.92 Å². The lowest BCUT2D eigenvalue weighted by Gasteiger charge is -2.24. The molecule has 2 fully saturated rings. The quantitative estimate of drug-likeness (QED) is 0.552. The van der Waals surface area contributed by atoms with Crippen LogP contribution in [0.25, 0.3) is 6.08 Å². The van der Waals surface area contributed by atoms with Crippen LogP contribution in [0, 0.1) is 23.1 Å². The number of hydrogen-bond donors (Lipinski definition) is 1. The molecule has 4 atom stereocenters. The molecule has 186 valence electrons. The Morgan fingerprint density at radius 2 is 2.03 bits per heavy atom. The first-order valence-corrected chi connectivity index (χ1v) is 12.4. The lowest BCUT2D eigenvalue weighted by molar-refractivity contribution is -0.135. The smallest absolute Gasteiger partial charge is 0.247 e. The van der Waals surface area contributed by atoms with Gasteiger partial charge in [-0.05, 0) is 49.5 Å². The summed E-state index contributed by atoms with van der Waals surface area (Å²) >= 11 is 5.80. The maximum Gasteiger partial charge on any atom is 0.247 e. The summed E-state index contributed by atoms with van der Waals surface area (Å²) in [5, 5.41) is 12.6. The highest BCUT2D eigenvalue weighted by molar-refractivity contribution is 6.30. The van der Waals surface area contributed by atoms with Gasteiger partial charge < -0.3 is 10.2 Å². The number of carbonyl (C=O) groups excluding carboxylic acids is 3. The molecule has 2 amide bonds. The number of hydrogen-bond acceptors (Lipinski definition) is 4. The van der Waals surface area contributed by atoms with Gasteiger partial charge >= 0.3 is 0 Å². The van der Waals surface area contributed by atoms with Crippen LogP contribution in [-0.4, -0.2) is 41.1 Å². The molecule has 8 heteroatoms. The molecule has 2 aromatic rings. The number of nitrogens with zero attached hydrogens (tertiary/aromatic N) is 2. The van der Waals surface area contributed by atoms with Gasteiger partial charge in [-0.15, -0.1) is 0 Å². The predicted octanol–water partition coefficient (Wildman–Crippen LogP) is 4.64. The number of nitriles is 1. The van der Waals surface area contributed by atoms with E-state index in [1.54, 1.807) is 0 Å². The van der Waals surface area contributed by atoms with Gasteiger partial charge in [0, 0.05) is 41.5 Å². The van der Waals surface area contributed by atoms with Crippen LogP contribution in [-0.2, 0) is 14.4 Å². The average molecular weight is 508 g/mol. The molecule has 4 rings (SSSR count). The molecule has 1 saturated heterocycles. The number of amides is 2. The first kappa shape index (κ1) is 25.6. The largest absolute Gasteiger partial charge is 0.339 e. The third-order valence-electron chi connectivity index (χ3n) is 6.95. The molecule has 6 nitrogen and oxygen atoms in total. The van der Waals surface area contributed by atoms with Gasteiger partial charge in [0.05, 0.1) is 6.07 Å². The van der Waals surface area contributed by atoms with E-state index in [1.807, 2.05) is 30.3 Å². The molecule has 1 aliphatic heterocycles. The highest BCUT2D eigenvalue weighted by Crippen LogP contribution is 2.33. The SMILES string of the molecule is N#C[C@H](C[C@@H]1CCCC1=O)NC(=O)C1C[C@@H](c2ccccc2)CN1C(=O)/C=C/c1ccc(Cl)cc1F. The molecule has 0 spiro atoms. The van der Waals surface area contributed by atoms with Gasteiger partial charge in [0.15, 0.2) is 0 Å². The Labute approximate surface area is 214 Å². The van der Waals surface area contributed by atoms with Crippen LogP contribution < -0.4 is 5.32 Å². The van der Waals surface area contributed by atoms with Crippen molar-refractivity contribution in [1.82, 2.24) is 10.2 Å². The maximum atomic E-state index is 14.2. The summed E-state index contributed by atoms with van der Waals surface area (Å²) in [6.45, 7) is 0.312. The van der Waals surface area contributed by atoms with Gasteiger partial charge in [0.1, 0.15) is 23.7 Å². The minimum Gasteiger partial charge on any atom is -0.339 e. The van der Waals surface area contributed by atoms with Gasteiger partial charge in [-0.3, -0.25) is 14.4 Å². The second-order valence-corrected chi connectivity index (χ2v) is 9.77. The van der Waals surface area contributed by atoms with Crippen LogP contribution in [0.15, 0.2) is 54.6 Å². The second kappa shape index (κ2) is 11.5. The first-order chi connectivity index (χ1) is 17.4. The van der Waals surface area contributed by atoms with Crippen molar-refractivity contribution < 1.29 is 18.8 Å². The molecule has 1 N–H and O–H groups in total. The van der Waals surface area contributed by atoms with Crippen LogP contribution in [0.3, 0.4) is 0 Å². The summed E-state index contributed by atoms with van der Waals surface area (Å²) in [7, 11) is 0. The standard InChI is InChI=1S/C28H27ClFN3O3/c29-22-11-9-19(24(30)15-22)10-12-27(35)33-17-21(18-5-2-1-3-6-18)14-25(33)28(36)32-23(16-31)13-20-7-4-8-26(20)34/h1-3,5-6,9-12,15,20-21,23,25H,4,7-8,13-14,17H2,(H,32,36)/b12-10+/t20-,21+,23-,25?/m0/s1. The number of halogens is 2. The van der Waals surface area contributed by atoms with Crippen molar-refractivity contribution >= 4 is 35.3 Å². The van der Waals surface area contributed by atoms with Crippen LogP contribution >= 0.6 is 11.6 Å². The summed E-state index contributed by atoms with van der Waals surface area (Å²) in [5.74, 6) is -1.56. The Balaban J connectivity index is 1.51. The van der Waals surface area contributed by atoms with Crippen LogP contribution in [0.5, 0.6) is 0 Å². The fourth-order valence-electron chi connectivity index (χ4n) is 5.02. The van der Waals surface area contributed by atoms with Crippen molar-refractivity contribution in [1.29, 1.82) is 5.26 Å². The number of Topliss-reactive ketones (excluding diaryl/α,β-unsaturated/α-hetero) is 1. The number of ketones is 1. The molecular formula is C28H27ClFN3O3. The van der Waals surface area contributed by atoms with E-state index >= 15 is 0 Å². The minimum atomic E-state index is -0.809. The molecule has 1 heterocycles. The van der Waals surface area contributed by atoms with Crippen molar-refractivity contribution in [3.05, 3.63) is 76.6 Å². The zero-order valence-corrected chi connectivity index (χ0v) is 20.5. The van der Waals surface area contributed by atoms with Gasteiger partial charge in [0.2, 0.25) is 11.8 Å². The number of carbonyl (C=O) groups is 3. The summed E-state index contributed by atoms with van der Waals surface area (Å²) < 4.78 is 14.2. The zero-order valence-electron chi connectivity index (χ0n) is 19.7. The summed E-state index contributed by atoms with van der Waals surface area (Å²) in [5.41, 5.74) is 1.21. The summed E-state index contributed by atoms with van der Waals surface area (Å²) in [4.78, 5) is 39.9. The maximum absolute atomic E-state index is 14.2. The Bertz CT molecular complexity index is 1210. The summed E-state index contributed by atoms with van der Waals surface area (Å²) in [6, 6.07) is 14.3. The van der Waals surface area contributed by atoms with Gasteiger partial charge in [-0.25, -0.2) is 4.39 Å². The first-order valence-electron chi connectivity index (χ1n) is 12.1. The van der Waals surface area contributed by atoms with E-state index in [9.17, 15) is 24.0 Å². The highest BCUT2D eigenvalue weighted by Gasteiger charge is 2.40. The van der Waals surface area contributed by atoms with Crippen molar-refractivity contribution in [2.45, 2.75) is 50.1 Å². The molecule has 36 heavy (non-hydrogen) atoms. The van der Waals surface area contributed by atoms with Crippen molar-refractivity contribution in [3.8, 4) is 6.07 Å². The van der Waals surface area contributed by atoms with Crippen LogP contribution in [0.4, 0.5) is 4.39 Å². The third-order valence-corrected chi connectivity index (χ3v) is 7.18. The van der Waals surface area contributed by atoms with E-state index in [0.29, 0.717) is 19.4 Å². The molecule has 0 bridgehead atoms. The monoisotopic (exact) mass is 507 g/mol. The van der Waals surface area contributed by atoms with Crippen LogP contribution in [0.2, 0.25) is 5.02 Å². The molecule has 2 aromatic carbocycles. The summed E-state index contributed by atoms with van der Waals surface area (Å²) in [6.07, 6.45) is 5.33. The molecular weight excluding hydrogens is 481 g/mol. The Kier molecular flexibility index (Phi) is 8.17. The van der Waals surface area contributed by atoms with E-state index in [2.05, 4.69) is 11.4 Å². The fraction of sp³-hybridized carbons (Fsp3) is 0.357. The molecule has 0 aromatic heterocycles. The average Bonchev–Trinajstić information content (AvgIpc) is 3.50. The van der Waals surface area contributed by atoms with Crippen molar-refractivity contribution in [2.75, 3.05) is 6.54 Å². The molecule has 0 radical (unpaired) electrons. The molecule has 1 saturated carbocycles. The number of rotatable bonds is 7. The molecule has 1 unspecified atom stereocenters. The lowest BCUT2D eigenvalue weighted by Crippen LogP contribution is -2.48. The lowest BCUT2D eigenvalue weighted by atomic mass is 9.95. The topological polar surface area (TPSA) is 90.3 Å². The van der Waals surface area contributed by atoms with E-state index in [-0.39, 0.29) is 34.6 Å². The van der Waals surface area contributed by atoms with Gasteiger partial charge in [-0.2, -0.15) is 5.26 Å². The Hall–Kier alpha value is -3.50. The Morgan fingerprint density at radius 3 is 2.69 bits per heavy atom. The number of likely N-dealkylation sites (tertiary alicyclic amines) is 1. The minimum absolute atomic E-state index is 0.0662. The van der Waals surface area contributed by atoms with E-state index in [4.69, 9.17) is 11.6 Å². The number of benzene rings is 2. The van der Waals surface area contributed by atoms with E-state index in [1.165, 1.54) is 35.3 Å². The molecule has 2 aliphatic rings. The zero-order chi connectivity index (χ0) is 25.7. The molecule has 1 aliphatic carbocycles. The third kappa shape index (κ3) is 6.00. The van der Waals surface area contributed by atoms with Gasteiger partial charge in [0.25, 0.3) is 0 Å². The normalized spacial score (nSPS) is 22.5. The van der Waals surface area contributed by atoms with E-state index < -0.39 is 29.7 Å².